The number of hydrogen-bond acceptors (Lipinski definition) is 3. The molecule has 0 bridgehead atoms. The monoisotopic (exact) mass is 180 g/mol. The second-order valence-corrected chi connectivity index (χ2v) is 2.78. The standard InChI is InChI=1S/C10H12O3/c1-7-5-4-6-9(8(7)2)10(11)13-12-3/h4-6H,1-3H3. The van der Waals surface area contributed by atoms with Crippen LogP contribution in [0.15, 0.2) is 18.2 Å². The van der Waals surface area contributed by atoms with E-state index in [2.05, 4.69) is 9.78 Å². The number of carbonyl (C=O) groups excluding carboxylic acids is 1. The van der Waals surface area contributed by atoms with Crippen molar-refractivity contribution in [1.29, 1.82) is 0 Å². The van der Waals surface area contributed by atoms with Crippen molar-refractivity contribution < 1.29 is 14.6 Å². The van der Waals surface area contributed by atoms with Crippen molar-refractivity contribution in [2.45, 2.75) is 13.8 Å². The Morgan fingerprint density at radius 1 is 1.31 bits per heavy atom. The molecule has 0 aliphatic heterocycles. The van der Waals surface area contributed by atoms with Gasteiger partial charge < -0.3 is 0 Å². The lowest BCUT2D eigenvalue weighted by atomic mass is 10.0. The van der Waals surface area contributed by atoms with E-state index in [-0.39, 0.29) is 0 Å². The van der Waals surface area contributed by atoms with E-state index in [9.17, 15) is 4.79 Å². The van der Waals surface area contributed by atoms with Crippen molar-refractivity contribution in [1.82, 2.24) is 0 Å². The molecule has 0 radical (unpaired) electrons. The van der Waals surface area contributed by atoms with E-state index >= 15 is 0 Å². The van der Waals surface area contributed by atoms with Crippen LogP contribution in [0.3, 0.4) is 0 Å². The summed E-state index contributed by atoms with van der Waals surface area (Å²) in [6, 6.07) is 5.47. The molecule has 3 nitrogen and oxygen atoms in total. The molecule has 0 N–H and O–H groups in total. The zero-order valence-corrected chi connectivity index (χ0v) is 7.96. The van der Waals surface area contributed by atoms with Gasteiger partial charge in [-0.05, 0) is 31.0 Å². The normalized spacial score (nSPS) is 9.77. The van der Waals surface area contributed by atoms with Gasteiger partial charge in [-0.25, -0.2) is 4.79 Å². The van der Waals surface area contributed by atoms with E-state index in [1.807, 2.05) is 26.0 Å². The van der Waals surface area contributed by atoms with Crippen LogP contribution in [0.4, 0.5) is 0 Å². The minimum Gasteiger partial charge on any atom is -0.293 e. The number of carbonyl (C=O) groups is 1. The summed E-state index contributed by atoms with van der Waals surface area (Å²) >= 11 is 0. The Balaban J connectivity index is 3.01. The van der Waals surface area contributed by atoms with Gasteiger partial charge in [0.1, 0.15) is 0 Å². The molecule has 0 fully saturated rings. The van der Waals surface area contributed by atoms with Gasteiger partial charge in [-0.3, -0.25) is 4.89 Å². The summed E-state index contributed by atoms with van der Waals surface area (Å²) in [4.78, 5) is 20.0. The predicted octanol–water partition coefficient (Wildman–Crippen LogP) is 2.02. The minimum atomic E-state index is -0.455. The summed E-state index contributed by atoms with van der Waals surface area (Å²) in [7, 11) is 1.31. The molecule has 13 heavy (non-hydrogen) atoms. The lowest BCUT2D eigenvalue weighted by molar-refractivity contribution is -0.216. The fraction of sp³-hybridized carbons (Fsp3) is 0.300. The molecule has 1 aromatic carbocycles. The maximum absolute atomic E-state index is 11.3. The molecule has 70 valence electrons. The molecular formula is C10H12O3. The van der Waals surface area contributed by atoms with Gasteiger partial charge in [-0.2, -0.15) is 4.89 Å². The average molecular weight is 180 g/mol. The van der Waals surface area contributed by atoms with Gasteiger partial charge in [0.2, 0.25) is 0 Å². The van der Waals surface area contributed by atoms with Crippen LogP contribution < -0.4 is 0 Å². The van der Waals surface area contributed by atoms with E-state index in [4.69, 9.17) is 0 Å². The van der Waals surface area contributed by atoms with Gasteiger partial charge in [0.25, 0.3) is 0 Å². The van der Waals surface area contributed by atoms with Gasteiger partial charge >= 0.3 is 5.97 Å². The highest BCUT2D eigenvalue weighted by atomic mass is 17.2. The molecule has 0 aromatic heterocycles. The van der Waals surface area contributed by atoms with Gasteiger partial charge in [-0.15, -0.1) is 0 Å². The summed E-state index contributed by atoms with van der Waals surface area (Å²) < 4.78 is 0. The van der Waals surface area contributed by atoms with Crippen molar-refractivity contribution in [3.05, 3.63) is 34.9 Å². The zero-order valence-electron chi connectivity index (χ0n) is 7.96. The summed E-state index contributed by atoms with van der Waals surface area (Å²) in [6.45, 7) is 3.82. The van der Waals surface area contributed by atoms with Crippen LogP contribution in [0.2, 0.25) is 0 Å². The highest BCUT2D eigenvalue weighted by molar-refractivity contribution is 5.90. The Morgan fingerprint density at radius 2 is 2.00 bits per heavy atom. The van der Waals surface area contributed by atoms with Crippen LogP contribution in [-0.4, -0.2) is 13.1 Å². The first-order chi connectivity index (χ1) is 6.16. The molecule has 0 aliphatic rings. The lowest BCUT2D eigenvalue weighted by Crippen LogP contribution is -2.06. The highest BCUT2D eigenvalue weighted by Crippen LogP contribution is 2.13. The topological polar surface area (TPSA) is 35.5 Å². The van der Waals surface area contributed by atoms with E-state index < -0.39 is 5.97 Å². The first kappa shape index (κ1) is 9.74. The summed E-state index contributed by atoms with van der Waals surface area (Å²) in [6.07, 6.45) is 0. The van der Waals surface area contributed by atoms with Crippen molar-refractivity contribution >= 4 is 5.97 Å². The quantitative estimate of drug-likeness (QED) is 0.516. The van der Waals surface area contributed by atoms with Crippen LogP contribution >= 0.6 is 0 Å². The number of rotatable bonds is 2. The SMILES string of the molecule is COOC(=O)c1cccc(C)c1C. The molecule has 3 heteroatoms. The maximum atomic E-state index is 11.3. The second kappa shape index (κ2) is 4.05. The lowest BCUT2D eigenvalue weighted by Gasteiger charge is -2.05. The highest BCUT2D eigenvalue weighted by Gasteiger charge is 2.11. The Bertz CT molecular complexity index is 318. The molecule has 1 rings (SSSR count). The van der Waals surface area contributed by atoms with Crippen molar-refractivity contribution in [2.24, 2.45) is 0 Å². The second-order valence-electron chi connectivity index (χ2n) is 2.78. The molecular weight excluding hydrogens is 168 g/mol. The van der Waals surface area contributed by atoms with E-state index in [0.717, 1.165) is 11.1 Å². The molecule has 0 spiro atoms. The van der Waals surface area contributed by atoms with Gasteiger partial charge in [0, 0.05) is 0 Å². The fourth-order valence-corrected chi connectivity index (χ4v) is 1.09. The fourth-order valence-electron chi connectivity index (χ4n) is 1.09. The van der Waals surface area contributed by atoms with E-state index in [1.165, 1.54) is 7.11 Å². The van der Waals surface area contributed by atoms with Crippen LogP contribution in [0.1, 0.15) is 21.5 Å². The third kappa shape index (κ3) is 2.06. The van der Waals surface area contributed by atoms with Gasteiger partial charge in [0.05, 0.1) is 12.7 Å². The third-order valence-corrected chi connectivity index (χ3v) is 1.98. The molecule has 0 amide bonds. The molecule has 0 aliphatic carbocycles. The largest absolute Gasteiger partial charge is 0.373 e. The molecule has 0 unspecified atom stereocenters. The Kier molecular flexibility index (Phi) is 3.03. The minimum absolute atomic E-state index is 0.455. The molecule has 0 saturated carbocycles. The first-order valence-corrected chi connectivity index (χ1v) is 3.98. The van der Waals surface area contributed by atoms with Crippen molar-refractivity contribution in [2.75, 3.05) is 7.11 Å². The van der Waals surface area contributed by atoms with Crippen LogP contribution in [-0.2, 0) is 9.78 Å². The molecule has 0 atom stereocenters. The third-order valence-electron chi connectivity index (χ3n) is 1.98. The maximum Gasteiger partial charge on any atom is 0.373 e. The van der Waals surface area contributed by atoms with Crippen molar-refractivity contribution in [3.8, 4) is 0 Å². The molecule has 1 aromatic rings. The van der Waals surface area contributed by atoms with Crippen LogP contribution in [0, 0.1) is 13.8 Å². The van der Waals surface area contributed by atoms with E-state index in [1.54, 1.807) is 6.07 Å². The zero-order chi connectivity index (χ0) is 9.84. The smallest absolute Gasteiger partial charge is 0.293 e. The summed E-state index contributed by atoms with van der Waals surface area (Å²) in [5, 5.41) is 0. The number of aryl methyl sites for hydroxylation is 1. The summed E-state index contributed by atoms with van der Waals surface area (Å²) in [5.41, 5.74) is 2.52. The molecule has 0 saturated heterocycles. The van der Waals surface area contributed by atoms with Crippen LogP contribution in [0.25, 0.3) is 0 Å². The first-order valence-electron chi connectivity index (χ1n) is 3.98. The van der Waals surface area contributed by atoms with Gasteiger partial charge in [-0.1, -0.05) is 12.1 Å². The Labute approximate surface area is 77.2 Å². The van der Waals surface area contributed by atoms with Crippen molar-refractivity contribution in [3.63, 3.8) is 0 Å². The molecule has 0 heterocycles. The Morgan fingerprint density at radius 3 is 2.62 bits per heavy atom. The van der Waals surface area contributed by atoms with E-state index in [0.29, 0.717) is 5.56 Å². The average Bonchev–Trinajstić information content (AvgIpc) is 2.10. The Hall–Kier alpha value is -1.35. The van der Waals surface area contributed by atoms with Gasteiger partial charge in [0.15, 0.2) is 0 Å². The van der Waals surface area contributed by atoms with Crippen LogP contribution in [0.5, 0.6) is 0 Å². The number of benzene rings is 1. The predicted molar refractivity (Wildman–Crippen MR) is 48.3 cm³/mol. The summed E-state index contributed by atoms with van der Waals surface area (Å²) in [5.74, 6) is -0.455. The number of hydrogen-bond donors (Lipinski definition) is 0.